The quantitative estimate of drug-likeness (QED) is 0.438. The van der Waals surface area contributed by atoms with E-state index < -0.39 is 0 Å². The van der Waals surface area contributed by atoms with Gasteiger partial charge in [0.2, 0.25) is 5.88 Å². The van der Waals surface area contributed by atoms with Crippen molar-refractivity contribution in [3.05, 3.63) is 77.5 Å². The number of nitrogens with one attached hydrogen (secondary N) is 1. The number of piperidine rings is 1. The van der Waals surface area contributed by atoms with Gasteiger partial charge in [-0.25, -0.2) is 9.50 Å². The number of ether oxygens (including phenoxy) is 1. The fraction of sp³-hybridized carbons (Fsp3) is 0.269. The number of nitrogens with two attached hydrogens (primary N) is 1. The summed E-state index contributed by atoms with van der Waals surface area (Å²) in [4.78, 5) is 19.5. The average molecular weight is 457 g/mol. The molecule has 0 bridgehead atoms. The molecule has 5 rings (SSSR count). The Balaban J connectivity index is 1.26. The normalized spacial score (nSPS) is 14.3. The Kier molecular flexibility index (Phi) is 6.14. The minimum Gasteiger partial charge on any atom is -0.438 e. The molecule has 0 radical (unpaired) electrons. The van der Waals surface area contributed by atoms with Crippen molar-refractivity contribution in [2.24, 2.45) is 0 Å². The van der Waals surface area contributed by atoms with E-state index in [1.807, 2.05) is 43.3 Å². The minimum atomic E-state index is -0.154. The van der Waals surface area contributed by atoms with Crippen molar-refractivity contribution in [1.29, 1.82) is 0 Å². The number of hydrogen-bond donors (Lipinski definition) is 2. The first-order valence-corrected chi connectivity index (χ1v) is 11.6. The van der Waals surface area contributed by atoms with E-state index in [1.165, 1.54) is 24.8 Å². The van der Waals surface area contributed by atoms with E-state index in [0.29, 0.717) is 34.3 Å². The van der Waals surface area contributed by atoms with Gasteiger partial charge in [-0.3, -0.25) is 9.69 Å². The van der Waals surface area contributed by atoms with Gasteiger partial charge in [-0.15, -0.1) is 5.10 Å². The highest BCUT2D eigenvalue weighted by Gasteiger charge is 2.13. The fourth-order valence-electron chi connectivity index (χ4n) is 4.19. The number of aromatic nitrogens is 3. The number of benzene rings is 2. The Morgan fingerprint density at radius 3 is 2.65 bits per heavy atom. The molecule has 0 saturated carbocycles. The number of carbonyl (C=O) groups is 1. The van der Waals surface area contributed by atoms with Crippen LogP contribution >= 0.6 is 0 Å². The second-order valence-corrected chi connectivity index (χ2v) is 8.71. The molecule has 4 aromatic rings. The molecule has 174 valence electrons. The molecule has 3 N–H and O–H groups in total. The summed E-state index contributed by atoms with van der Waals surface area (Å²) in [5, 5.41) is 7.37. The molecule has 1 fully saturated rings. The third-order valence-corrected chi connectivity index (χ3v) is 6.06. The molecular formula is C26H28N6O2. The summed E-state index contributed by atoms with van der Waals surface area (Å²) in [6.45, 7) is 5.19. The van der Waals surface area contributed by atoms with E-state index >= 15 is 0 Å². The lowest BCUT2D eigenvalue weighted by Gasteiger charge is -2.26. The number of imidazole rings is 1. The number of nitrogen functional groups attached to an aromatic ring is 1. The van der Waals surface area contributed by atoms with Crippen LogP contribution in [0.5, 0.6) is 11.6 Å². The zero-order chi connectivity index (χ0) is 23.5. The molecule has 34 heavy (non-hydrogen) atoms. The Hall–Kier alpha value is -3.91. The van der Waals surface area contributed by atoms with E-state index in [1.54, 1.807) is 28.9 Å². The molecule has 1 amide bonds. The molecule has 3 heterocycles. The van der Waals surface area contributed by atoms with Crippen molar-refractivity contribution in [2.75, 3.05) is 24.1 Å². The number of amides is 1. The number of hydrogen-bond acceptors (Lipinski definition) is 6. The van der Waals surface area contributed by atoms with Gasteiger partial charge < -0.3 is 15.8 Å². The maximum Gasteiger partial charge on any atom is 0.255 e. The molecule has 0 unspecified atom stereocenters. The summed E-state index contributed by atoms with van der Waals surface area (Å²) >= 11 is 0. The van der Waals surface area contributed by atoms with Crippen LogP contribution in [-0.2, 0) is 6.54 Å². The monoisotopic (exact) mass is 456 g/mol. The number of fused-ring (bicyclic) bond motifs is 1. The van der Waals surface area contributed by atoms with Gasteiger partial charge in [0, 0.05) is 29.9 Å². The minimum absolute atomic E-state index is 0.154. The lowest BCUT2D eigenvalue weighted by molar-refractivity contribution is 0.102. The molecule has 1 aliphatic rings. The van der Waals surface area contributed by atoms with Crippen LogP contribution in [0.1, 0.15) is 40.7 Å². The van der Waals surface area contributed by atoms with Crippen molar-refractivity contribution < 1.29 is 9.53 Å². The highest BCUT2D eigenvalue weighted by atomic mass is 16.5. The largest absolute Gasteiger partial charge is 0.438 e. The SMILES string of the molecule is Cc1ccc(Oc2ccc3nc(N)cn3n2)cc1NC(=O)c1ccc(CN2CCCCC2)cc1. The molecule has 0 aliphatic carbocycles. The summed E-state index contributed by atoms with van der Waals surface area (Å²) in [6, 6.07) is 16.9. The van der Waals surface area contributed by atoms with Crippen molar-refractivity contribution in [3.8, 4) is 11.6 Å². The summed E-state index contributed by atoms with van der Waals surface area (Å²) < 4.78 is 7.48. The van der Waals surface area contributed by atoms with Gasteiger partial charge in [0.1, 0.15) is 11.6 Å². The van der Waals surface area contributed by atoms with Gasteiger partial charge in [-0.2, -0.15) is 0 Å². The van der Waals surface area contributed by atoms with Crippen LogP contribution < -0.4 is 15.8 Å². The summed E-state index contributed by atoms with van der Waals surface area (Å²) in [7, 11) is 0. The standard InChI is InChI=1S/C26H28N6O2/c1-18-5-10-21(34-25-12-11-24-29-23(27)17-32(24)30-25)15-22(18)28-26(33)20-8-6-19(7-9-20)16-31-13-3-2-4-14-31/h5-12,15,17H,2-4,13-14,16,27H2,1H3,(H,28,33). The summed E-state index contributed by atoms with van der Waals surface area (Å²) in [5.74, 6) is 1.20. The van der Waals surface area contributed by atoms with Crippen molar-refractivity contribution >= 4 is 23.1 Å². The second kappa shape index (κ2) is 9.52. The number of aryl methyl sites for hydroxylation is 1. The van der Waals surface area contributed by atoms with Gasteiger partial charge in [0.05, 0.1) is 6.20 Å². The van der Waals surface area contributed by atoms with Gasteiger partial charge in [0.15, 0.2) is 5.65 Å². The van der Waals surface area contributed by atoms with Crippen molar-refractivity contribution in [1.82, 2.24) is 19.5 Å². The predicted octanol–water partition coefficient (Wildman–Crippen LogP) is 4.65. The number of nitrogens with zero attached hydrogens (tertiary/aromatic N) is 4. The van der Waals surface area contributed by atoms with E-state index in [2.05, 4.69) is 20.3 Å². The molecule has 0 spiro atoms. The van der Waals surface area contributed by atoms with Crippen LogP contribution in [0.15, 0.2) is 60.8 Å². The second-order valence-electron chi connectivity index (χ2n) is 8.71. The molecular weight excluding hydrogens is 428 g/mol. The zero-order valence-electron chi connectivity index (χ0n) is 19.2. The molecule has 2 aromatic carbocycles. The number of rotatable bonds is 6. The lowest BCUT2D eigenvalue weighted by Crippen LogP contribution is -2.29. The van der Waals surface area contributed by atoms with Gasteiger partial charge >= 0.3 is 0 Å². The topological polar surface area (TPSA) is 97.8 Å². The van der Waals surface area contributed by atoms with E-state index in [9.17, 15) is 4.79 Å². The number of anilines is 2. The zero-order valence-corrected chi connectivity index (χ0v) is 19.2. The van der Waals surface area contributed by atoms with Crippen LogP contribution in [0.25, 0.3) is 5.65 Å². The van der Waals surface area contributed by atoms with Gasteiger partial charge in [-0.1, -0.05) is 24.6 Å². The molecule has 1 aliphatic heterocycles. The maximum absolute atomic E-state index is 12.9. The number of likely N-dealkylation sites (tertiary alicyclic amines) is 1. The summed E-state index contributed by atoms with van der Waals surface area (Å²) in [6.07, 6.45) is 5.49. The average Bonchev–Trinajstić information content (AvgIpc) is 3.21. The third kappa shape index (κ3) is 5.02. The first-order chi connectivity index (χ1) is 16.5. The van der Waals surface area contributed by atoms with Crippen LogP contribution in [0.2, 0.25) is 0 Å². The highest BCUT2D eigenvalue weighted by Crippen LogP contribution is 2.26. The highest BCUT2D eigenvalue weighted by molar-refractivity contribution is 6.04. The van der Waals surface area contributed by atoms with Crippen LogP contribution in [-0.4, -0.2) is 38.5 Å². The van der Waals surface area contributed by atoms with Crippen LogP contribution in [0.4, 0.5) is 11.5 Å². The van der Waals surface area contributed by atoms with Crippen LogP contribution in [0, 0.1) is 6.92 Å². The Bertz CT molecular complexity index is 1310. The van der Waals surface area contributed by atoms with Crippen molar-refractivity contribution in [3.63, 3.8) is 0 Å². The maximum atomic E-state index is 12.9. The first-order valence-electron chi connectivity index (χ1n) is 11.6. The number of carbonyl (C=O) groups excluding carboxylic acids is 1. The Labute approximate surface area is 198 Å². The van der Waals surface area contributed by atoms with Gasteiger partial charge in [0.25, 0.3) is 5.91 Å². The summed E-state index contributed by atoms with van der Waals surface area (Å²) in [5.41, 5.74) is 9.84. The Morgan fingerprint density at radius 2 is 1.85 bits per heavy atom. The van der Waals surface area contributed by atoms with Crippen LogP contribution in [0.3, 0.4) is 0 Å². The molecule has 8 heteroatoms. The third-order valence-electron chi connectivity index (χ3n) is 6.06. The first kappa shape index (κ1) is 21.9. The molecule has 1 saturated heterocycles. The fourth-order valence-corrected chi connectivity index (χ4v) is 4.19. The van der Waals surface area contributed by atoms with E-state index in [4.69, 9.17) is 10.5 Å². The van der Waals surface area contributed by atoms with Gasteiger partial charge in [-0.05, 0) is 68.2 Å². The van der Waals surface area contributed by atoms with E-state index in [0.717, 1.165) is 25.2 Å². The smallest absolute Gasteiger partial charge is 0.255 e. The predicted molar refractivity (Wildman–Crippen MR) is 132 cm³/mol. The molecule has 8 nitrogen and oxygen atoms in total. The lowest BCUT2D eigenvalue weighted by atomic mass is 10.1. The van der Waals surface area contributed by atoms with E-state index in [-0.39, 0.29) is 5.91 Å². The molecule has 0 atom stereocenters. The molecule has 2 aromatic heterocycles. The van der Waals surface area contributed by atoms with Crippen molar-refractivity contribution in [2.45, 2.75) is 32.7 Å². The Morgan fingerprint density at radius 1 is 1.06 bits per heavy atom.